The van der Waals surface area contributed by atoms with Crippen molar-refractivity contribution in [3.8, 4) is 44.5 Å². The lowest BCUT2D eigenvalue weighted by Crippen LogP contribution is -2.15. The average Bonchev–Trinajstić information content (AvgIpc) is 1.56. The second kappa shape index (κ2) is 22.8. The van der Waals surface area contributed by atoms with Crippen LogP contribution in [0.5, 0.6) is 0 Å². The molecule has 20 rings (SSSR count). The van der Waals surface area contributed by atoms with Gasteiger partial charge >= 0.3 is 0 Å². The minimum atomic E-state index is -0.187. The zero-order chi connectivity index (χ0) is 65.1. The molecular weight excluding hydrogens is 1250 g/mol. The zero-order valence-electron chi connectivity index (χ0n) is 53.8. The van der Waals surface area contributed by atoms with Crippen LogP contribution in [0.25, 0.3) is 132 Å². The Labute approximate surface area is 569 Å². The molecule has 4 heterocycles. The van der Waals surface area contributed by atoms with Crippen LogP contribution in [-0.4, -0.2) is 0 Å². The van der Waals surface area contributed by atoms with E-state index in [9.17, 15) is 0 Å². The summed E-state index contributed by atoms with van der Waals surface area (Å²) in [6.45, 7) is 9.21. The fourth-order valence-electron chi connectivity index (χ4n) is 15.5. The van der Waals surface area contributed by atoms with Gasteiger partial charge in [-0.3, -0.25) is 0 Å². The van der Waals surface area contributed by atoms with Crippen LogP contribution >= 0.6 is 15.9 Å². The first-order valence-corrected chi connectivity index (χ1v) is 33.9. The minimum absolute atomic E-state index is 0.0498. The number of hydrogen-bond acceptors (Lipinski definition) is 6. The minimum Gasteiger partial charge on any atom is -0.456 e. The van der Waals surface area contributed by atoms with Crippen LogP contribution in [0.2, 0.25) is 0 Å². The maximum absolute atomic E-state index is 7.13. The summed E-state index contributed by atoms with van der Waals surface area (Å²) in [5, 5.41) is 12.6. The van der Waals surface area contributed by atoms with E-state index in [4.69, 9.17) is 17.7 Å². The molecule has 464 valence electrons. The number of para-hydroxylation sites is 4. The van der Waals surface area contributed by atoms with Crippen molar-refractivity contribution in [2.24, 2.45) is 0 Å². The average molecular weight is 1320 g/mol. The Morgan fingerprint density at radius 3 is 1.32 bits per heavy atom. The number of hydrogen-bond donors (Lipinski definition) is 1. The molecule has 0 bridgehead atoms. The van der Waals surface area contributed by atoms with Gasteiger partial charge in [0, 0.05) is 65.6 Å². The fourth-order valence-corrected chi connectivity index (χ4v) is 16.0. The zero-order valence-corrected chi connectivity index (χ0v) is 55.4. The van der Waals surface area contributed by atoms with Crippen molar-refractivity contribution in [2.45, 2.75) is 38.5 Å². The van der Waals surface area contributed by atoms with Crippen molar-refractivity contribution in [1.29, 1.82) is 0 Å². The SMILES string of the molecule is CC1(C)c2ccccc2-c2ccc3c(oc4c(Br)cccc43)c21.CC1(C)c2ccccc2-c2ccc3c(oc4c(N(c5ccc(-c6ccccc6)cc5)c5cccc6oc7ccccc7c56)cccc43)c21.c1ccc(-c2ccc(Nc3cccc4oc5ccccc5c34)cc2)cc1. The molecule has 0 amide bonds. The highest BCUT2D eigenvalue weighted by Gasteiger charge is 2.40. The third kappa shape index (κ3) is 9.43. The largest absolute Gasteiger partial charge is 0.456 e. The molecule has 4 aromatic heterocycles. The van der Waals surface area contributed by atoms with E-state index in [1.165, 1.54) is 77.5 Å². The van der Waals surface area contributed by atoms with Gasteiger partial charge in [-0.15, -0.1) is 0 Å². The summed E-state index contributed by atoms with van der Waals surface area (Å²) in [6.07, 6.45) is 0. The van der Waals surface area contributed by atoms with E-state index in [0.717, 1.165) is 110 Å². The molecule has 0 radical (unpaired) electrons. The molecule has 6 nitrogen and oxygen atoms in total. The second-order valence-electron chi connectivity index (χ2n) is 26.4. The van der Waals surface area contributed by atoms with Gasteiger partial charge in [-0.2, -0.15) is 0 Å². The Kier molecular flexibility index (Phi) is 13.6. The number of anilines is 5. The highest BCUT2D eigenvalue weighted by Crippen LogP contribution is 2.56. The predicted octanol–water partition coefficient (Wildman–Crippen LogP) is 26.6. The standard InChI is InChI=1S/C45H31NO2.C24H17NO.C21H15BrO/c1-45(2)36-17-8-6-14-31(36)32-26-27-34-33-16-10-19-38(43(33)48-44(34)42(32)45)46(30-24-22-29(23-25-30)28-12-4-3-5-13-28)37-18-11-21-40-41(37)35-15-7-9-20-39(35)47-40;1-2-7-17(8-3-1)18-13-15-19(16-14-18)25-21-10-6-12-23-24(21)20-9-4-5-11-22(20)26-23;1-21(2)16-8-4-3-6-12(16)13-10-11-15-14-7-5-9-17(22)19(14)23-20(15)18(13)21/h3-27H,1-2H3;1-16,25H;3-11H,1-2H3. The van der Waals surface area contributed by atoms with E-state index in [0.29, 0.717) is 0 Å². The van der Waals surface area contributed by atoms with E-state index in [1.807, 2.05) is 54.6 Å². The van der Waals surface area contributed by atoms with Crippen LogP contribution < -0.4 is 10.2 Å². The first kappa shape index (κ1) is 58.0. The third-order valence-electron chi connectivity index (χ3n) is 20.1. The summed E-state index contributed by atoms with van der Waals surface area (Å²) in [5.41, 5.74) is 27.5. The maximum atomic E-state index is 7.13. The predicted molar refractivity (Wildman–Crippen MR) is 407 cm³/mol. The summed E-state index contributed by atoms with van der Waals surface area (Å²) in [5.74, 6) is 0. The molecule has 2 aliphatic rings. The van der Waals surface area contributed by atoms with Crippen molar-refractivity contribution in [1.82, 2.24) is 0 Å². The van der Waals surface area contributed by atoms with Crippen LogP contribution in [0.1, 0.15) is 49.9 Å². The molecule has 0 saturated carbocycles. The molecule has 0 saturated heterocycles. The molecular formula is C90H63BrN2O4. The number of fused-ring (bicyclic) bond motifs is 20. The van der Waals surface area contributed by atoms with Gasteiger partial charge in [0.2, 0.25) is 0 Å². The first-order valence-electron chi connectivity index (χ1n) is 33.1. The molecule has 2 aliphatic carbocycles. The van der Waals surface area contributed by atoms with E-state index in [-0.39, 0.29) is 10.8 Å². The summed E-state index contributed by atoms with van der Waals surface area (Å²) in [6, 6.07) is 106. The fraction of sp³-hybridized carbons (Fsp3) is 0.0667. The highest BCUT2D eigenvalue weighted by atomic mass is 79.9. The summed E-state index contributed by atoms with van der Waals surface area (Å²) in [4.78, 5) is 2.34. The Bertz CT molecular complexity index is 6110. The number of nitrogens with one attached hydrogen (secondary N) is 1. The van der Waals surface area contributed by atoms with E-state index in [2.05, 4.69) is 303 Å². The van der Waals surface area contributed by atoms with Gasteiger partial charge in [-0.1, -0.05) is 246 Å². The van der Waals surface area contributed by atoms with Crippen molar-refractivity contribution < 1.29 is 17.7 Å². The van der Waals surface area contributed by atoms with Crippen molar-refractivity contribution in [2.75, 3.05) is 10.2 Å². The van der Waals surface area contributed by atoms with Crippen LogP contribution in [0.4, 0.5) is 28.4 Å². The van der Waals surface area contributed by atoms with Gasteiger partial charge in [-0.05, 0) is 156 Å². The van der Waals surface area contributed by atoms with Gasteiger partial charge in [0.05, 0.1) is 32.3 Å². The first-order chi connectivity index (χ1) is 47.5. The number of furan rings is 4. The number of halogens is 1. The number of benzene rings is 14. The Hall–Kier alpha value is -11.6. The third-order valence-corrected chi connectivity index (χ3v) is 20.7. The van der Waals surface area contributed by atoms with E-state index >= 15 is 0 Å². The normalized spacial score (nSPS) is 13.2. The van der Waals surface area contributed by atoms with Gasteiger partial charge in [0.25, 0.3) is 0 Å². The Morgan fingerprint density at radius 2 is 0.722 bits per heavy atom. The van der Waals surface area contributed by atoms with Gasteiger partial charge in [-0.25, -0.2) is 0 Å². The topological polar surface area (TPSA) is 67.8 Å². The molecule has 0 atom stereocenters. The molecule has 1 N–H and O–H groups in total. The Morgan fingerprint density at radius 1 is 0.299 bits per heavy atom. The monoisotopic (exact) mass is 1310 g/mol. The van der Waals surface area contributed by atoms with Crippen molar-refractivity contribution in [3.05, 3.63) is 330 Å². The quantitative estimate of drug-likeness (QED) is 0.172. The molecule has 0 aliphatic heterocycles. The number of rotatable bonds is 7. The summed E-state index contributed by atoms with van der Waals surface area (Å²) < 4.78 is 26.8. The summed E-state index contributed by atoms with van der Waals surface area (Å²) >= 11 is 3.62. The van der Waals surface area contributed by atoms with Crippen LogP contribution in [-0.2, 0) is 10.8 Å². The van der Waals surface area contributed by atoms with E-state index in [1.54, 1.807) is 0 Å². The molecule has 18 aromatic rings. The molecule has 14 aromatic carbocycles. The second-order valence-corrected chi connectivity index (χ2v) is 27.2. The van der Waals surface area contributed by atoms with E-state index < -0.39 is 0 Å². The number of nitrogens with zero attached hydrogens (tertiary/aromatic N) is 1. The molecule has 97 heavy (non-hydrogen) atoms. The van der Waals surface area contributed by atoms with Gasteiger partial charge < -0.3 is 27.9 Å². The highest BCUT2D eigenvalue weighted by molar-refractivity contribution is 9.10. The Balaban J connectivity index is 0.000000117. The van der Waals surface area contributed by atoms with Crippen LogP contribution in [0.3, 0.4) is 0 Å². The lowest BCUT2D eigenvalue weighted by Gasteiger charge is -2.26. The molecule has 0 fully saturated rings. The smallest absolute Gasteiger partial charge is 0.159 e. The molecule has 0 unspecified atom stereocenters. The summed E-state index contributed by atoms with van der Waals surface area (Å²) in [7, 11) is 0. The molecule has 7 heteroatoms. The lowest BCUT2D eigenvalue weighted by atomic mass is 9.82. The van der Waals surface area contributed by atoms with Crippen LogP contribution in [0, 0.1) is 0 Å². The van der Waals surface area contributed by atoms with Crippen LogP contribution in [0.15, 0.2) is 325 Å². The maximum Gasteiger partial charge on any atom is 0.159 e. The van der Waals surface area contributed by atoms with Crippen molar-refractivity contribution >= 4 is 132 Å². The van der Waals surface area contributed by atoms with Crippen molar-refractivity contribution in [3.63, 3.8) is 0 Å². The molecule has 0 spiro atoms. The van der Waals surface area contributed by atoms with Gasteiger partial charge in [0.15, 0.2) is 5.58 Å². The lowest BCUT2D eigenvalue weighted by molar-refractivity contribution is 0.619. The van der Waals surface area contributed by atoms with Gasteiger partial charge in [0.1, 0.15) is 39.1 Å².